The molecule has 0 fully saturated rings. The van der Waals surface area contributed by atoms with Gasteiger partial charge in [0.15, 0.2) is 5.82 Å². The molecule has 30 heavy (non-hydrogen) atoms. The fourth-order valence-corrected chi connectivity index (χ4v) is 3.33. The van der Waals surface area contributed by atoms with Crippen LogP contribution in [0.15, 0.2) is 60.9 Å². The van der Waals surface area contributed by atoms with Crippen LogP contribution in [0.25, 0.3) is 10.9 Å². The molecule has 0 aliphatic carbocycles. The molecule has 0 radical (unpaired) electrons. The normalized spacial score (nSPS) is 10.8. The largest absolute Gasteiger partial charge is 0.496 e. The van der Waals surface area contributed by atoms with Gasteiger partial charge in [-0.25, -0.2) is 14.4 Å². The highest BCUT2D eigenvalue weighted by Gasteiger charge is 2.15. The minimum atomic E-state index is -0.612. The third-order valence-electron chi connectivity index (χ3n) is 4.69. The molecule has 0 spiro atoms. The monoisotopic (exact) mass is 423 g/mol. The highest BCUT2D eigenvalue weighted by atomic mass is 35.5. The standard InChI is InChI=1S/C23H19ClFN3O2/c1-14-10-16-18(11-20(14)29-2)26-13-27-23(16)28-17-8-9-19(21(24)22(17)25)30-12-15-6-4-3-5-7-15/h3-11,13H,12H2,1-2H3,(H,26,27,28). The zero-order chi connectivity index (χ0) is 21.1. The van der Waals surface area contributed by atoms with Crippen molar-refractivity contribution in [2.45, 2.75) is 13.5 Å². The van der Waals surface area contributed by atoms with Crippen molar-refractivity contribution in [2.24, 2.45) is 0 Å². The molecule has 4 rings (SSSR count). The summed E-state index contributed by atoms with van der Waals surface area (Å²) in [6.45, 7) is 2.22. The van der Waals surface area contributed by atoms with Gasteiger partial charge in [0.1, 0.15) is 35.3 Å². The molecule has 0 saturated heterocycles. The number of nitrogens with one attached hydrogen (secondary N) is 1. The van der Waals surface area contributed by atoms with E-state index in [1.54, 1.807) is 19.2 Å². The number of nitrogens with zero attached hydrogens (tertiary/aromatic N) is 2. The third kappa shape index (κ3) is 4.00. The van der Waals surface area contributed by atoms with Gasteiger partial charge in [0.2, 0.25) is 0 Å². The molecule has 0 aliphatic heterocycles. The van der Waals surface area contributed by atoms with Crippen LogP contribution in [-0.2, 0) is 6.61 Å². The van der Waals surface area contributed by atoms with E-state index in [0.717, 1.165) is 22.3 Å². The van der Waals surface area contributed by atoms with E-state index in [1.165, 1.54) is 6.33 Å². The quantitative estimate of drug-likeness (QED) is 0.408. The third-order valence-corrected chi connectivity index (χ3v) is 5.04. The second-order valence-corrected chi connectivity index (χ2v) is 7.08. The summed E-state index contributed by atoms with van der Waals surface area (Å²) in [4.78, 5) is 8.53. The lowest BCUT2D eigenvalue weighted by Gasteiger charge is -2.14. The molecule has 4 aromatic rings. The van der Waals surface area contributed by atoms with Crippen LogP contribution in [0.5, 0.6) is 11.5 Å². The zero-order valence-corrected chi connectivity index (χ0v) is 17.2. The maximum Gasteiger partial charge on any atom is 0.169 e. The molecule has 0 aliphatic rings. The molecule has 0 bridgehead atoms. The smallest absolute Gasteiger partial charge is 0.169 e. The van der Waals surface area contributed by atoms with E-state index < -0.39 is 5.82 Å². The van der Waals surface area contributed by atoms with Crippen molar-refractivity contribution in [2.75, 3.05) is 12.4 Å². The Labute approximate surface area is 178 Å². The average Bonchev–Trinajstić information content (AvgIpc) is 2.77. The summed E-state index contributed by atoms with van der Waals surface area (Å²) in [7, 11) is 1.60. The van der Waals surface area contributed by atoms with E-state index in [0.29, 0.717) is 17.9 Å². The van der Waals surface area contributed by atoms with Gasteiger partial charge < -0.3 is 14.8 Å². The number of rotatable bonds is 6. The van der Waals surface area contributed by atoms with Crippen molar-refractivity contribution < 1.29 is 13.9 Å². The lowest BCUT2D eigenvalue weighted by Crippen LogP contribution is -2.01. The fourth-order valence-electron chi connectivity index (χ4n) is 3.11. The van der Waals surface area contributed by atoms with Gasteiger partial charge in [-0.2, -0.15) is 0 Å². The lowest BCUT2D eigenvalue weighted by atomic mass is 10.1. The van der Waals surface area contributed by atoms with Crippen molar-refractivity contribution in [1.82, 2.24) is 9.97 Å². The van der Waals surface area contributed by atoms with Gasteiger partial charge >= 0.3 is 0 Å². The molecule has 7 heteroatoms. The Morgan fingerprint density at radius 3 is 2.60 bits per heavy atom. The first-order valence-electron chi connectivity index (χ1n) is 9.28. The van der Waals surface area contributed by atoms with Crippen LogP contribution >= 0.6 is 11.6 Å². The second-order valence-electron chi connectivity index (χ2n) is 6.70. The Hall–Kier alpha value is -3.38. The van der Waals surface area contributed by atoms with E-state index >= 15 is 0 Å². The number of ether oxygens (including phenoxy) is 2. The van der Waals surface area contributed by atoms with Crippen LogP contribution in [0.1, 0.15) is 11.1 Å². The Bertz CT molecular complexity index is 1200. The number of fused-ring (bicyclic) bond motifs is 1. The minimum Gasteiger partial charge on any atom is -0.496 e. The zero-order valence-electron chi connectivity index (χ0n) is 16.4. The lowest BCUT2D eigenvalue weighted by molar-refractivity contribution is 0.305. The van der Waals surface area contributed by atoms with Gasteiger partial charge in [-0.15, -0.1) is 0 Å². The Balaban J connectivity index is 1.61. The van der Waals surface area contributed by atoms with Gasteiger partial charge in [0.05, 0.1) is 18.3 Å². The Kier molecular flexibility index (Phi) is 5.68. The Morgan fingerprint density at radius 2 is 1.83 bits per heavy atom. The first-order chi connectivity index (χ1) is 14.6. The van der Waals surface area contributed by atoms with E-state index in [9.17, 15) is 4.39 Å². The number of methoxy groups -OCH3 is 1. The molecule has 0 amide bonds. The van der Waals surface area contributed by atoms with Crippen molar-refractivity contribution in [3.05, 3.63) is 82.9 Å². The number of anilines is 2. The van der Waals surface area contributed by atoms with Crippen molar-refractivity contribution >= 4 is 34.0 Å². The molecular weight excluding hydrogens is 405 g/mol. The van der Waals surface area contributed by atoms with Crippen LogP contribution in [0.2, 0.25) is 5.02 Å². The van der Waals surface area contributed by atoms with E-state index in [-0.39, 0.29) is 16.5 Å². The molecule has 0 unspecified atom stereocenters. The van der Waals surface area contributed by atoms with Crippen molar-refractivity contribution in [3.63, 3.8) is 0 Å². The first-order valence-corrected chi connectivity index (χ1v) is 9.65. The maximum atomic E-state index is 14.9. The number of benzene rings is 3. The van der Waals surface area contributed by atoms with Crippen LogP contribution in [0.3, 0.4) is 0 Å². The van der Waals surface area contributed by atoms with Crippen LogP contribution in [0.4, 0.5) is 15.9 Å². The predicted molar refractivity (Wildman–Crippen MR) is 116 cm³/mol. The summed E-state index contributed by atoms with van der Waals surface area (Å²) >= 11 is 6.22. The van der Waals surface area contributed by atoms with Gasteiger partial charge in [-0.05, 0) is 36.2 Å². The van der Waals surface area contributed by atoms with Gasteiger partial charge in [-0.3, -0.25) is 0 Å². The molecule has 1 N–H and O–H groups in total. The first kappa shape index (κ1) is 19.9. The predicted octanol–water partition coefficient (Wildman–Crippen LogP) is 6.06. The summed E-state index contributed by atoms with van der Waals surface area (Å²) in [6.07, 6.45) is 1.41. The molecule has 1 heterocycles. The topological polar surface area (TPSA) is 56.3 Å². The molecule has 152 valence electrons. The number of hydrogen-bond donors (Lipinski definition) is 1. The average molecular weight is 424 g/mol. The minimum absolute atomic E-state index is 0.0906. The highest BCUT2D eigenvalue weighted by Crippen LogP contribution is 2.35. The molecule has 1 aromatic heterocycles. The number of aryl methyl sites for hydroxylation is 1. The number of hydrogen-bond acceptors (Lipinski definition) is 5. The summed E-state index contributed by atoms with van der Waals surface area (Å²) in [5, 5.41) is 3.67. The number of halogens is 2. The van der Waals surface area contributed by atoms with Gasteiger partial charge in [0.25, 0.3) is 0 Å². The van der Waals surface area contributed by atoms with Crippen LogP contribution < -0.4 is 14.8 Å². The molecular formula is C23H19ClFN3O2. The fraction of sp³-hybridized carbons (Fsp3) is 0.130. The van der Waals surface area contributed by atoms with Crippen LogP contribution in [0, 0.1) is 12.7 Å². The summed E-state index contributed by atoms with van der Waals surface area (Å²) in [5.74, 6) is 0.857. The molecule has 5 nitrogen and oxygen atoms in total. The van der Waals surface area contributed by atoms with E-state index in [2.05, 4.69) is 15.3 Å². The Morgan fingerprint density at radius 1 is 1.03 bits per heavy atom. The SMILES string of the molecule is COc1cc2ncnc(Nc3ccc(OCc4ccccc4)c(Cl)c3F)c2cc1C. The summed E-state index contributed by atoms with van der Waals surface area (Å²) in [5.41, 5.74) is 2.77. The van der Waals surface area contributed by atoms with Gasteiger partial charge in [-0.1, -0.05) is 41.9 Å². The summed E-state index contributed by atoms with van der Waals surface area (Å²) in [6, 6.07) is 16.5. The van der Waals surface area contributed by atoms with Crippen molar-refractivity contribution in [3.8, 4) is 11.5 Å². The maximum absolute atomic E-state index is 14.9. The van der Waals surface area contributed by atoms with Crippen LogP contribution in [-0.4, -0.2) is 17.1 Å². The van der Waals surface area contributed by atoms with Crippen molar-refractivity contribution in [1.29, 1.82) is 0 Å². The highest BCUT2D eigenvalue weighted by molar-refractivity contribution is 6.32. The molecule has 3 aromatic carbocycles. The van der Waals surface area contributed by atoms with E-state index in [1.807, 2.05) is 49.4 Å². The molecule has 0 saturated carbocycles. The number of aromatic nitrogens is 2. The molecule has 0 atom stereocenters. The van der Waals surface area contributed by atoms with E-state index in [4.69, 9.17) is 21.1 Å². The van der Waals surface area contributed by atoms with Gasteiger partial charge in [0, 0.05) is 11.5 Å². The summed E-state index contributed by atoms with van der Waals surface area (Å²) < 4.78 is 26.0. The second kappa shape index (κ2) is 8.55.